The van der Waals surface area contributed by atoms with E-state index in [4.69, 9.17) is 9.26 Å². The van der Waals surface area contributed by atoms with E-state index in [1.165, 1.54) is 24.1 Å². The first-order chi connectivity index (χ1) is 14.3. The molecule has 0 aliphatic carbocycles. The highest BCUT2D eigenvalue weighted by Gasteiger charge is 2.50. The fraction of sp³-hybridized carbons (Fsp3) is 0.722. The van der Waals surface area contributed by atoms with Crippen LogP contribution in [0.1, 0.15) is 46.8 Å². The first-order valence-electron chi connectivity index (χ1n) is 9.96. The fourth-order valence-corrected chi connectivity index (χ4v) is 4.84. The molecule has 0 bridgehead atoms. The second-order valence-corrected chi connectivity index (χ2v) is 10.7. The lowest BCUT2D eigenvalue weighted by Crippen LogP contribution is -2.38. The van der Waals surface area contributed by atoms with Crippen molar-refractivity contribution in [1.82, 2.24) is 19.5 Å². The molecule has 1 aliphatic heterocycles. The SMILES string of the molecule is CCC(C)(O)P(=O)(O)OC(C)(C)CC1O[C@@H](n2cnc3c(NC)ncnc32)[C@H](O)[C@@H]1O. The third-order valence-corrected chi connectivity index (χ3v) is 7.82. The van der Waals surface area contributed by atoms with E-state index >= 15 is 0 Å². The van der Waals surface area contributed by atoms with Crippen LogP contribution in [0.15, 0.2) is 12.7 Å². The second kappa shape index (κ2) is 8.36. The van der Waals surface area contributed by atoms with Gasteiger partial charge >= 0.3 is 7.60 Å². The minimum absolute atomic E-state index is 0.0182. The van der Waals surface area contributed by atoms with Crippen molar-refractivity contribution in [3.8, 4) is 0 Å². The number of imidazole rings is 1. The quantitative estimate of drug-likeness (QED) is 0.356. The number of hydrogen-bond acceptors (Lipinski definition) is 10. The number of ether oxygens (including phenoxy) is 1. The molecule has 6 atom stereocenters. The summed E-state index contributed by atoms with van der Waals surface area (Å²) in [7, 11) is -2.70. The number of rotatable bonds is 8. The molecule has 5 N–H and O–H groups in total. The van der Waals surface area contributed by atoms with Gasteiger partial charge in [0.05, 0.1) is 18.0 Å². The number of nitrogens with zero attached hydrogens (tertiary/aromatic N) is 4. The molecule has 0 saturated carbocycles. The van der Waals surface area contributed by atoms with E-state index in [2.05, 4.69) is 20.3 Å². The van der Waals surface area contributed by atoms with Crippen LogP contribution in [0.4, 0.5) is 5.82 Å². The van der Waals surface area contributed by atoms with Crippen LogP contribution in [-0.4, -0.2) is 76.0 Å². The molecular formula is C18H30N5O7P. The minimum atomic E-state index is -4.40. The van der Waals surface area contributed by atoms with Crippen LogP contribution in [-0.2, 0) is 13.8 Å². The maximum atomic E-state index is 12.6. The van der Waals surface area contributed by atoms with E-state index in [9.17, 15) is 24.8 Å². The number of aliphatic hydroxyl groups excluding tert-OH is 2. The Hall–Kier alpha value is -1.66. The molecule has 3 unspecified atom stereocenters. The summed E-state index contributed by atoms with van der Waals surface area (Å²) >= 11 is 0. The third kappa shape index (κ3) is 4.47. The molecule has 31 heavy (non-hydrogen) atoms. The average molecular weight is 459 g/mol. The molecule has 3 rings (SSSR count). The topological polar surface area (TPSA) is 172 Å². The molecule has 0 aromatic carbocycles. The summed E-state index contributed by atoms with van der Waals surface area (Å²) in [6, 6.07) is 0. The highest BCUT2D eigenvalue weighted by molar-refractivity contribution is 7.54. The van der Waals surface area contributed by atoms with Gasteiger partial charge in [0.25, 0.3) is 0 Å². The van der Waals surface area contributed by atoms with E-state index in [0.29, 0.717) is 17.0 Å². The van der Waals surface area contributed by atoms with Gasteiger partial charge in [0.1, 0.15) is 24.1 Å². The van der Waals surface area contributed by atoms with Gasteiger partial charge in [-0.05, 0) is 27.2 Å². The third-order valence-electron chi connectivity index (χ3n) is 5.55. The van der Waals surface area contributed by atoms with E-state index in [-0.39, 0.29) is 12.8 Å². The van der Waals surface area contributed by atoms with Gasteiger partial charge in [-0.15, -0.1) is 0 Å². The Balaban J connectivity index is 1.81. The smallest absolute Gasteiger partial charge is 0.359 e. The fourth-order valence-electron chi connectivity index (χ4n) is 3.50. The van der Waals surface area contributed by atoms with Crippen molar-refractivity contribution in [1.29, 1.82) is 0 Å². The monoisotopic (exact) mass is 459 g/mol. The van der Waals surface area contributed by atoms with Crippen molar-refractivity contribution < 1.29 is 34.0 Å². The van der Waals surface area contributed by atoms with Gasteiger partial charge in [-0.25, -0.2) is 15.0 Å². The zero-order chi connectivity index (χ0) is 23.2. The van der Waals surface area contributed by atoms with Crippen LogP contribution in [0, 0.1) is 0 Å². The van der Waals surface area contributed by atoms with Crippen LogP contribution in [0.5, 0.6) is 0 Å². The zero-order valence-electron chi connectivity index (χ0n) is 18.1. The molecular weight excluding hydrogens is 429 g/mol. The first-order valence-corrected chi connectivity index (χ1v) is 11.5. The molecule has 0 spiro atoms. The van der Waals surface area contributed by atoms with Gasteiger partial charge in [0, 0.05) is 13.5 Å². The number of aliphatic hydroxyl groups is 3. The summed E-state index contributed by atoms with van der Waals surface area (Å²) in [5, 5.41) is 32.4. The van der Waals surface area contributed by atoms with Crippen LogP contribution < -0.4 is 5.32 Å². The second-order valence-electron chi connectivity index (χ2n) is 8.49. The average Bonchev–Trinajstić information content (AvgIpc) is 3.23. The molecule has 2 aromatic rings. The Kier molecular flexibility index (Phi) is 6.47. The molecule has 13 heteroatoms. The van der Waals surface area contributed by atoms with E-state index < -0.39 is 43.1 Å². The Morgan fingerprint density at radius 2 is 1.94 bits per heavy atom. The van der Waals surface area contributed by atoms with Crippen LogP contribution >= 0.6 is 7.60 Å². The summed E-state index contributed by atoms with van der Waals surface area (Å²) < 4.78 is 25.4. The van der Waals surface area contributed by atoms with Gasteiger partial charge < -0.3 is 34.8 Å². The highest BCUT2D eigenvalue weighted by Crippen LogP contribution is 2.58. The van der Waals surface area contributed by atoms with Crippen molar-refractivity contribution in [2.45, 2.75) is 76.0 Å². The molecule has 1 fully saturated rings. The lowest BCUT2D eigenvalue weighted by atomic mass is 9.97. The largest absolute Gasteiger partial charge is 0.388 e. The maximum Gasteiger partial charge on any atom is 0.359 e. The highest BCUT2D eigenvalue weighted by atomic mass is 31.2. The number of hydrogen-bond donors (Lipinski definition) is 5. The Bertz CT molecular complexity index is 981. The predicted molar refractivity (Wildman–Crippen MR) is 111 cm³/mol. The summed E-state index contributed by atoms with van der Waals surface area (Å²) in [4.78, 5) is 22.8. The van der Waals surface area contributed by atoms with Gasteiger partial charge in [0.15, 0.2) is 23.0 Å². The first kappa shape index (κ1) is 24.0. The minimum Gasteiger partial charge on any atom is -0.388 e. The summed E-state index contributed by atoms with van der Waals surface area (Å²) in [5.41, 5.74) is -0.363. The van der Waals surface area contributed by atoms with Crippen molar-refractivity contribution >= 4 is 24.6 Å². The van der Waals surface area contributed by atoms with Gasteiger partial charge in [-0.3, -0.25) is 9.13 Å². The Morgan fingerprint density at radius 1 is 1.26 bits per heavy atom. The Labute approximate surface area is 179 Å². The standard InChI is InChI=1S/C18H30N5O7P/c1-6-18(4,26)31(27,28)30-17(2,3)7-10-12(24)13(25)16(29-10)23-9-22-11-14(19-5)20-8-21-15(11)23/h8-10,12-13,16,24-26H,6-7H2,1-5H3,(H,27,28)(H,19,20,21)/t10?,12-,13-,16-,18?/m1/s1. The Morgan fingerprint density at radius 3 is 2.55 bits per heavy atom. The van der Waals surface area contributed by atoms with Crippen LogP contribution in [0.2, 0.25) is 0 Å². The number of nitrogens with one attached hydrogen (secondary N) is 1. The lowest BCUT2D eigenvalue weighted by molar-refractivity contribution is -0.0636. The van der Waals surface area contributed by atoms with Gasteiger partial charge in [0.2, 0.25) is 0 Å². The number of fused-ring (bicyclic) bond motifs is 1. The number of anilines is 1. The zero-order valence-corrected chi connectivity index (χ0v) is 19.0. The maximum absolute atomic E-state index is 12.6. The number of aromatic nitrogens is 4. The summed E-state index contributed by atoms with van der Waals surface area (Å²) in [5.74, 6) is 0.504. The van der Waals surface area contributed by atoms with Crippen molar-refractivity contribution in [2.75, 3.05) is 12.4 Å². The molecule has 3 heterocycles. The summed E-state index contributed by atoms with van der Waals surface area (Å²) in [6.07, 6.45) is -1.71. The molecule has 1 saturated heterocycles. The van der Waals surface area contributed by atoms with Crippen LogP contribution in [0.25, 0.3) is 11.2 Å². The molecule has 0 amide bonds. The normalized spacial score (nSPS) is 28.4. The van der Waals surface area contributed by atoms with Crippen molar-refractivity contribution in [2.24, 2.45) is 0 Å². The molecule has 1 aliphatic rings. The van der Waals surface area contributed by atoms with E-state index in [1.807, 2.05) is 0 Å². The van der Waals surface area contributed by atoms with Gasteiger partial charge in [-0.2, -0.15) is 0 Å². The molecule has 174 valence electrons. The van der Waals surface area contributed by atoms with Crippen LogP contribution in [0.3, 0.4) is 0 Å². The van der Waals surface area contributed by atoms with Crippen molar-refractivity contribution in [3.05, 3.63) is 12.7 Å². The predicted octanol–water partition coefficient (Wildman–Crippen LogP) is 0.976. The molecule has 0 radical (unpaired) electrons. The van der Waals surface area contributed by atoms with Crippen molar-refractivity contribution in [3.63, 3.8) is 0 Å². The molecule has 2 aromatic heterocycles. The van der Waals surface area contributed by atoms with E-state index in [0.717, 1.165) is 0 Å². The van der Waals surface area contributed by atoms with E-state index in [1.54, 1.807) is 27.8 Å². The molecule has 12 nitrogen and oxygen atoms in total. The summed E-state index contributed by atoms with van der Waals surface area (Å²) in [6.45, 7) is 5.91. The lowest BCUT2D eigenvalue weighted by Gasteiger charge is -2.35. The van der Waals surface area contributed by atoms with Gasteiger partial charge in [-0.1, -0.05) is 6.92 Å².